The Labute approximate surface area is 252 Å². The molecule has 0 unspecified atom stereocenters. The topological polar surface area (TPSA) is 153 Å². The molecule has 1 aliphatic heterocycles. The molecule has 2 bridgehead atoms. The summed E-state index contributed by atoms with van der Waals surface area (Å²) in [6, 6.07) is 13.7. The number of rotatable bonds is 5. The highest BCUT2D eigenvalue weighted by Crippen LogP contribution is 2.34. The van der Waals surface area contributed by atoms with E-state index in [0.29, 0.717) is 52.6 Å². The van der Waals surface area contributed by atoms with E-state index in [9.17, 15) is 14.4 Å². The van der Waals surface area contributed by atoms with Gasteiger partial charge in [0.2, 0.25) is 11.8 Å². The molecule has 2 aromatic carbocycles. The number of aromatic nitrogens is 5. The Hall–Kier alpha value is -5.10. The van der Waals surface area contributed by atoms with Crippen LogP contribution in [0, 0.1) is 5.92 Å². The van der Waals surface area contributed by atoms with Crippen molar-refractivity contribution in [2.24, 2.45) is 5.92 Å². The van der Waals surface area contributed by atoms with Crippen molar-refractivity contribution >= 4 is 47.0 Å². The molecule has 5 rings (SSSR count). The molecule has 2 atom stereocenters. The number of nitrogens with zero attached hydrogens (tertiary/aromatic N) is 5. The van der Waals surface area contributed by atoms with E-state index in [4.69, 9.17) is 16.3 Å². The van der Waals surface area contributed by atoms with E-state index < -0.39 is 12.1 Å². The largest absolute Gasteiger partial charge is 0.453 e. The molecule has 0 aliphatic carbocycles. The van der Waals surface area contributed by atoms with E-state index in [1.165, 1.54) is 24.2 Å². The number of benzene rings is 2. The molecule has 13 heteroatoms. The lowest BCUT2D eigenvalue weighted by Crippen LogP contribution is -2.28. The lowest BCUT2D eigenvalue weighted by atomic mass is 9.95. The van der Waals surface area contributed by atoms with Gasteiger partial charge in [0.05, 0.1) is 30.2 Å². The van der Waals surface area contributed by atoms with E-state index in [0.717, 1.165) is 11.1 Å². The minimum Gasteiger partial charge on any atom is -0.453 e. The zero-order chi connectivity index (χ0) is 30.3. The van der Waals surface area contributed by atoms with Crippen molar-refractivity contribution in [2.45, 2.75) is 32.2 Å². The normalized spacial score (nSPS) is 16.8. The van der Waals surface area contributed by atoms with Crippen LogP contribution >= 0.6 is 11.6 Å². The Balaban J connectivity index is 1.44. The minimum atomic E-state index is -0.617. The molecule has 0 radical (unpaired) electrons. The number of hydrogen-bond acceptors (Lipinski definition) is 8. The van der Waals surface area contributed by atoms with Crippen LogP contribution in [0.4, 0.5) is 16.2 Å². The van der Waals surface area contributed by atoms with Gasteiger partial charge in [0.15, 0.2) is 0 Å². The minimum absolute atomic E-state index is 0.144. The van der Waals surface area contributed by atoms with Crippen LogP contribution < -0.4 is 16.0 Å². The number of fused-ring (bicyclic) bond motifs is 4. The average Bonchev–Trinajstić information content (AvgIpc) is 3.54. The number of halogens is 1. The molecule has 0 saturated heterocycles. The van der Waals surface area contributed by atoms with Crippen molar-refractivity contribution in [1.29, 1.82) is 0 Å². The molecule has 0 saturated carbocycles. The third-order valence-corrected chi connectivity index (χ3v) is 7.29. The molecular weight excluding hydrogens is 572 g/mol. The molecule has 1 aliphatic rings. The van der Waals surface area contributed by atoms with Crippen molar-refractivity contribution in [1.82, 2.24) is 30.5 Å². The maximum Gasteiger partial charge on any atom is 0.411 e. The summed E-state index contributed by atoms with van der Waals surface area (Å²) in [5.41, 5.74) is 4.53. The highest BCUT2D eigenvalue weighted by Gasteiger charge is 2.22. The van der Waals surface area contributed by atoms with Gasteiger partial charge in [-0.2, -0.15) is 4.68 Å². The smallest absolute Gasteiger partial charge is 0.411 e. The number of nitrogens with one attached hydrogen (secondary N) is 3. The average molecular weight is 601 g/mol. The van der Waals surface area contributed by atoms with E-state index >= 15 is 0 Å². The molecular formula is C30H29ClN8O4. The number of pyridine rings is 1. The summed E-state index contributed by atoms with van der Waals surface area (Å²) in [5.74, 6) is -0.758. The third-order valence-electron chi connectivity index (χ3n) is 7.05. The Morgan fingerprint density at radius 3 is 2.79 bits per heavy atom. The molecule has 220 valence electrons. The predicted molar refractivity (Wildman–Crippen MR) is 161 cm³/mol. The lowest BCUT2D eigenvalue weighted by Gasteiger charge is -2.22. The number of carbonyl (C=O) groups is 3. The van der Waals surface area contributed by atoms with Gasteiger partial charge in [0.25, 0.3) is 0 Å². The summed E-state index contributed by atoms with van der Waals surface area (Å²) in [5, 5.41) is 20.5. The van der Waals surface area contributed by atoms with Gasteiger partial charge in [0.1, 0.15) is 6.33 Å². The second-order valence-corrected chi connectivity index (χ2v) is 10.5. The van der Waals surface area contributed by atoms with Crippen LogP contribution in [0.5, 0.6) is 0 Å². The SMILES string of the molecule is COC(=O)Nc1ccc2c(c1)NC(=O)[C@H](C)CCC[C@H](NC(=O)C=Cc1cc(Cl)ccc1-n1cnnn1)c1cc-2ccn1. The van der Waals surface area contributed by atoms with Crippen molar-refractivity contribution in [3.63, 3.8) is 0 Å². The summed E-state index contributed by atoms with van der Waals surface area (Å²) in [6.45, 7) is 1.86. The summed E-state index contributed by atoms with van der Waals surface area (Å²) in [4.78, 5) is 42.6. The monoisotopic (exact) mass is 600 g/mol. The van der Waals surface area contributed by atoms with Crippen LogP contribution in [-0.2, 0) is 14.3 Å². The third kappa shape index (κ3) is 7.22. The van der Waals surface area contributed by atoms with Gasteiger partial charge < -0.3 is 15.4 Å². The van der Waals surface area contributed by atoms with Crippen molar-refractivity contribution < 1.29 is 19.1 Å². The Bertz CT molecular complexity index is 1670. The number of amides is 3. The number of methoxy groups -OCH3 is 1. The maximum atomic E-state index is 13.2. The fraction of sp³-hybridized carbons (Fsp3) is 0.233. The molecule has 0 spiro atoms. The molecule has 3 heterocycles. The summed E-state index contributed by atoms with van der Waals surface area (Å²) < 4.78 is 6.18. The second kappa shape index (κ2) is 13.3. The first-order valence-electron chi connectivity index (χ1n) is 13.6. The molecule has 3 N–H and O–H groups in total. The first kappa shape index (κ1) is 29.4. The lowest BCUT2D eigenvalue weighted by molar-refractivity contribution is -0.120. The van der Waals surface area contributed by atoms with Gasteiger partial charge >= 0.3 is 6.09 Å². The van der Waals surface area contributed by atoms with Crippen molar-refractivity contribution in [2.75, 3.05) is 17.7 Å². The van der Waals surface area contributed by atoms with Crippen LogP contribution in [0.25, 0.3) is 22.9 Å². The Kier molecular flexibility index (Phi) is 9.06. The van der Waals surface area contributed by atoms with Crippen LogP contribution in [0.1, 0.15) is 43.5 Å². The second-order valence-electron chi connectivity index (χ2n) is 10.0. The van der Waals surface area contributed by atoms with E-state index in [2.05, 4.69) is 36.5 Å². The molecule has 12 nitrogen and oxygen atoms in total. The van der Waals surface area contributed by atoms with Gasteiger partial charge in [-0.15, -0.1) is 5.10 Å². The fourth-order valence-corrected chi connectivity index (χ4v) is 4.97. The number of tetrazole rings is 1. The first-order valence-corrected chi connectivity index (χ1v) is 14.0. The van der Waals surface area contributed by atoms with Gasteiger partial charge in [-0.3, -0.25) is 19.9 Å². The Morgan fingerprint density at radius 2 is 2.00 bits per heavy atom. The van der Waals surface area contributed by atoms with E-state index in [1.807, 2.05) is 19.1 Å². The van der Waals surface area contributed by atoms with Gasteiger partial charge in [-0.1, -0.05) is 31.0 Å². The molecule has 0 fully saturated rings. The molecule has 2 aromatic heterocycles. The van der Waals surface area contributed by atoms with Gasteiger partial charge in [-0.25, -0.2) is 4.79 Å². The quantitative estimate of drug-likeness (QED) is 0.265. The first-order chi connectivity index (χ1) is 20.8. The van der Waals surface area contributed by atoms with Crippen LogP contribution in [-0.4, -0.2) is 50.2 Å². The van der Waals surface area contributed by atoms with Crippen molar-refractivity contribution in [3.8, 4) is 16.8 Å². The highest BCUT2D eigenvalue weighted by molar-refractivity contribution is 6.30. The molecule has 4 aromatic rings. The van der Waals surface area contributed by atoms with Gasteiger partial charge in [0, 0.05) is 40.0 Å². The fourth-order valence-electron chi connectivity index (χ4n) is 4.79. The predicted octanol–water partition coefficient (Wildman–Crippen LogP) is 5.19. The number of ether oxygens (including phenoxy) is 1. The highest BCUT2D eigenvalue weighted by atomic mass is 35.5. The maximum absolute atomic E-state index is 13.2. The van der Waals surface area contributed by atoms with E-state index in [-0.39, 0.29) is 17.7 Å². The molecule has 3 amide bonds. The van der Waals surface area contributed by atoms with Crippen molar-refractivity contribution in [3.05, 3.63) is 83.4 Å². The van der Waals surface area contributed by atoms with Crippen LogP contribution in [0.2, 0.25) is 5.02 Å². The summed E-state index contributed by atoms with van der Waals surface area (Å²) in [7, 11) is 1.28. The van der Waals surface area contributed by atoms with Crippen LogP contribution in [0.3, 0.4) is 0 Å². The molecule has 43 heavy (non-hydrogen) atoms. The zero-order valence-electron chi connectivity index (χ0n) is 23.5. The Morgan fingerprint density at radius 1 is 1.14 bits per heavy atom. The number of carbonyl (C=O) groups excluding carboxylic acids is 3. The van der Waals surface area contributed by atoms with Gasteiger partial charge in [-0.05, 0) is 77.4 Å². The number of hydrogen-bond donors (Lipinski definition) is 3. The van der Waals surface area contributed by atoms with E-state index in [1.54, 1.807) is 48.7 Å². The summed E-state index contributed by atoms with van der Waals surface area (Å²) >= 11 is 6.21. The number of anilines is 2. The zero-order valence-corrected chi connectivity index (χ0v) is 24.2. The van der Waals surface area contributed by atoms with Crippen LogP contribution in [0.15, 0.2) is 67.1 Å². The standard InChI is InChI=1S/C30H29ClN8O4/c1-18-4-3-5-24(35-28(40)11-6-20-14-21(31)7-10-27(20)39-17-33-37-38-39)26-15-19(12-13-32-26)23-9-8-22(34-30(42)43-2)16-25(23)36-29(18)41/h6-18,24H,3-5H2,1-2H3,(H,34,42)(H,35,40)(H,36,41)/t18-,24+/m1/s1. The summed E-state index contributed by atoms with van der Waals surface area (Å²) in [6.07, 6.45) is 7.44.